The Morgan fingerprint density at radius 2 is 2.10 bits per heavy atom. The summed E-state index contributed by atoms with van der Waals surface area (Å²) in [5.41, 5.74) is 0. The van der Waals surface area contributed by atoms with Crippen LogP contribution < -0.4 is 4.74 Å². The van der Waals surface area contributed by atoms with Crippen LogP contribution in [-0.2, 0) is 6.61 Å². The summed E-state index contributed by atoms with van der Waals surface area (Å²) in [6.45, 7) is 0.218. The highest BCUT2D eigenvalue weighted by Crippen LogP contribution is 2.28. The van der Waals surface area contributed by atoms with Crippen LogP contribution in [0.25, 0.3) is 11.6 Å². The van der Waals surface area contributed by atoms with Crippen molar-refractivity contribution in [2.75, 3.05) is 6.26 Å². The molecule has 4 aromatic rings. The second-order valence-corrected chi connectivity index (χ2v) is 7.33. The van der Waals surface area contributed by atoms with Gasteiger partial charge in [-0.15, -0.1) is 10.2 Å². The van der Waals surface area contributed by atoms with E-state index in [9.17, 15) is 0 Å². The van der Waals surface area contributed by atoms with Gasteiger partial charge >= 0.3 is 0 Å². The van der Waals surface area contributed by atoms with Crippen molar-refractivity contribution in [2.24, 2.45) is 5.10 Å². The molecular weight excluding hydrogens is 435 g/mol. The van der Waals surface area contributed by atoms with Gasteiger partial charge in [-0.3, -0.25) is 0 Å². The minimum absolute atomic E-state index is 0.218. The van der Waals surface area contributed by atoms with Crippen molar-refractivity contribution in [3.05, 3.63) is 70.3 Å². The molecule has 3 aromatic heterocycles. The number of aromatic nitrogens is 3. The van der Waals surface area contributed by atoms with Gasteiger partial charge in [-0.05, 0) is 48.7 Å². The molecule has 0 N–H and O–H groups in total. The van der Waals surface area contributed by atoms with Crippen molar-refractivity contribution in [1.29, 1.82) is 0 Å². The molecule has 0 radical (unpaired) electrons. The number of hydrogen-bond acceptors (Lipinski definition) is 7. The van der Waals surface area contributed by atoms with Gasteiger partial charge < -0.3 is 13.6 Å². The topological polar surface area (TPSA) is 78.6 Å². The zero-order chi connectivity index (χ0) is 20.2. The molecule has 0 unspecified atom stereocenters. The highest BCUT2D eigenvalue weighted by Gasteiger charge is 2.15. The summed E-state index contributed by atoms with van der Waals surface area (Å²) in [5.74, 6) is 2.78. The molecule has 1 aromatic carbocycles. The molecule has 7 nitrogen and oxygen atoms in total. The largest absolute Gasteiger partial charge is 0.484 e. The monoisotopic (exact) mass is 448 g/mol. The molecule has 3 heterocycles. The van der Waals surface area contributed by atoms with Crippen molar-refractivity contribution in [1.82, 2.24) is 14.9 Å². The molecule has 0 aliphatic rings. The number of benzene rings is 1. The molecule has 0 aliphatic carbocycles. The Labute approximate surface area is 180 Å². The zero-order valence-corrected chi connectivity index (χ0v) is 17.4. The molecule has 0 aliphatic heterocycles. The van der Waals surface area contributed by atoms with Gasteiger partial charge in [-0.25, -0.2) is 0 Å². The fraction of sp³-hybridized carbons (Fsp3) is 0.105. The van der Waals surface area contributed by atoms with Crippen molar-refractivity contribution >= 4 is 41.2 Å². The molecule has 0 amide bonds. The third-order valence-electron chi connectivity index (χ3n) is 3.78. The van der Waals surface area contributed by atoms with Gasteiger partial charge in [0.05, 0.1) is 17.5 Å². The normalized spacial score (nSPS) is 11.4. The van der Waals surface area contributed by atoms with E-state index in [1.807, 2.05) is 6.26 Å². The Morgan fingerprint density at radius 1 is 1.21 bits per heavy atom. The van der Waals surface area contributed by atoms with E-state index in [1.54, 1.807) is 59.6 Å². The first-order chi connectivity index (χ1) is 14.1. The molecule has 10 heteroatoms. The predicted octanol–water partition coefficient (Wildman–Crippen LogP) is 5.62. The number of furan rings is 2. The lowest BCUT2D eigenvalue weighted by Crippen LogP contribution is -1.96. The molecule has 0 spiro atoms. The van der Waals surface area contributed by atoms with Gasteiger partial charge in [0.15, 0.2) is 5.76 Å². The summed E-state index contributed by atoms with van der Waals surface area (Å²) in [7, 11) is 0. The van der Waals surface area contributed by atoms with Gasteiger partial charge in [0.25, 0.3) is 0 Å². The summed E-state index contributed by atoms with van der Waals surface area (Å²) < 4.78 is 18.4. The predicted molar refractivity (Wildman–Crippen MR) is 112 cm³/mol. The van der Waals surface area contributed by atoms with E-state index in [1.165, 1.54) is 11.8 Å². The SMILES string of the molecule is CSc1nnc(-c2ccco2)n1N=Cc1ccc(COc2ccc(Cl)cc2Cl)o1. The van der Waals surface area contributed by atoms with Gasteiger partial charge in [0.1, 0.15) is 23.9 Å². The number of nitrogens with zero attached hydrogens (tertiary/aromatic N) is 4. The second-order valence-electron chi connectivity index (χ2n) is 5.71. The zero-order valence-electron chi connectivity index (χ0n) is 15.1. The summed E-state index contributed by atoms with van der Waals surface area (Å²) in [4.78, 5) is 0. The van der Waals surface area contributed by atoms with Crippen molar-refractivity contribution in [3.8, 4) is 17.3 Å². The maximum absolute atomic E-state index is 6.11. The van der Waals surface area contributed by atoms with Gasteiger partial charge in [0.2, 0.25) is 11.0 Å². The Hall–Kier alpha value is -2.68. The van der Waals surface area contributed by atoms with E-state index in [0.29, 0.717) is 44.1 Å². The summed E-state index contributed by atoms with van der Waals surface area (Å²) >= 11 is 13.4. The number of thioether (sulfide) groups is 1. The average molecular weight is 449 g/mol. The quantitative estimate of drug-likeness (QED) is 0.269. The Morgan fingerprint density at radius 3 is 2.86 bits per heavy atom. The smallest absolute Gasteiger partial charge is 0.221 e. The first-order valence-corrected chi connectivity index (χ1v) is 10.4. The highest BCUT2D eigenvalue weighted by molar-refractivity contribution is 7.98. The minimum Gasteiger partial charge on any atom is -0.484 e. The summed E-state index contributed by atoms with van der Waals surface area (Å²) in [6.07, 6.45) is 5.04. The molecule has 0 saturated carbocycles. The van der Waals surface area contributed by atoms with Crippen LogP contribution in [0.15, 0.2) is 67.8 Å². The highest BCUT2D eigenvalue weighted by atomic mass is 35.5. The number of halogens is 2. The molecule has 0 bridgehead atoms. The maximum atomic E-state index is 6.11. The molecular formula is C19H14Cl2N4O3S. The Bertz CT molecular complexity index is 1140. The maximum Gasteiger partial charge on any atom is 0.221 e. The van der Waals surface area contributed by atoms with Crippen LogP contribution in [0, 0.1) is 0 Å². The molecule has 4 rings (SSSR count). The van der Waals surface area contributed by atoms with Crippen molar-refractivity contribution < 1.29 is 13.6 Å². The first-order valence-electron chi connectivity index (χ1n) is 8.38. The number of hydrogen-bond donors (Lipinski definition) is 0. The molecule has 0 fully saturated rings. The van der Waals surface area contributed by atoms with Gasteiger partial charge in [-0.1, -0.05) is 35.0 Å². The van der Waals surface area contributed by atoms with Crippen molar-refractivity contribution in [3.63, 3.8) is 0 Å². The minimum atomic E-state index is 0.218. The van der Waals surface area contributed by atoms with Gasteiger partial charge in [0, 0.05) is 5.02 Å². The lowest BCUT2D eigenvalue weighted by atomic mass is 10.3. The third kappa shape index (κ3) is 4.50. The van der Waals surface area contributed by atoms with Gasteiger partial charge in [-0.2, -0.15) is 9.78 Å². The van der Waals surface area contributed by atoms with E-state index >= 15 is 0 Å². The van der Waals surface area contributed by atoms with Crippen LogP contribution >= 0.6 is 35.0 Å². The summed E-state index contributed by atoms with van der Waals surface area (Å²) in [6, 6.07) is 12.2. The molecule has 0 saturated heterocycles. The van der Waals surface area contributed by atoms with E-state index in [2.05, 4.69) is 15.3 Å². The Balaban J connectivity index is 1.48. The van der Waals surface area contributed by atoms with E-state index in [0.717, 1.165) is 0 Å². The van der Waals surface area contributed by atoms with Crippen LogP contribution in [0.1, 0.15) is 11.5 Å². The first kappa shape index (κ1) is 19.6. The second kappa shape index (κ2) is 8.77. The van der Waals surface area contributed by atoms with Crippen molar-refractivity contribution in [2.45, 2.75) is 11.8 Å². The fourth-order valence-corrected chi connectivity index (χ4v) is 3.35. The Kier molecular flexibility index (Phi) is 5.94. The third-order valence-corrected chi connectivity index (χ3v) is 4.93. The summed E-state index contributed by atoms with van der Waals surface area (Å²) in [5, 5.41) is 14.3. The molecule has 148 valence electrons. The van der Waals surface area contributed by atoms with Crippen LogP contribution in [0.3, 0.4) is 0 Å². The fourth-order valence-electron chi connectivity index (χ4n) is 2.45. The van der Waals surface area contributed by atoms with Crippen LogP contribution in [0.5, 0.6) is 5.75 Å². The standard InChI is InChI=1S/C19H14Cl2N4O3S/c1-29-19-24-23-18(17-3-2-8-26-17)25(19)22-10-13-5-6-14(28-13)11-27-16-7-4-12(20)9-15(16)21/h2-10H,11H2,1H3. The van der Waals surface area contributed by atoms with E-state index in [4.69, 9.17) is 36.8 Å². The molecule has 29 heavy (non-hydrogen) atoms. The van der Waals surface area contributed by atoms with Crippen LogP contribution in [0.2, 0.25) is 10.0 Å². The molecule has 0 atom stereocenters. The lowest BCUT2D eigenvalue weighted by molar-refractivity contribution is 0.270. The average Bonchev–Trinajstić information content (AvgIpc) is 3.45. The number of rotatable bonds is 7. The van der Waals surface area contributed by atoms with Crippen LogP contribution in [0.4, 0.5) is 0 Å². The number of ether oxygens (including phenoxy) is 1. The van der Waals surface area contributed by atoms with Crippen LogP contribution in [-0.4, -0.2) is 27.3 Å². The van der Waals surface area contributed by atoms with E-state index in [-0.39, 0.29) is 6.61 Å². The lowest BCUT2D eigenvalue weighted by Gasteiger charge is -2.06. The van der Waals surface area contributed by atoms with E-state index < -0.39 is 0 Å².